The van der Waals surface area contributed by atoms with Gasteiger partial charge in [0.25, 0.3) is 5.91 Å². The topological polar surface area (TPSA) is 66.9 Å². The fourth-order valence-electron chi connectivity index (χ4n) is 1.91. The fourth-order valence-corrected chi connectivity index (χ4v) is 2.17. The van der Waals surface area contributed by atoms with E-state index in [4.69, 9.17) is 0 Å². The number of rotatable bonds is 4. The molecular formula is C17H13BrN4O. The zero-order chi connectivity index (χ0) is 16.1. The lowest BCUT2D eigenvalue weighted by molar-refractivity contribution is 0.102. The number of hydrogen-bond acceptors (Lipinski definition) is 4. The third-order valence-corrected chi connectivity index (χ3v) is 3.56. The number of nitrogens with zero attached hydrogens (tertiary/aromatic N) is 2. The molecule has 2 N–H and O–H groups in total. The van der Waals surface area contributed by atoms with Crippen LogP contribution in [0.25, 0.3) is 0 Å². The Hall–Kier alpha value is -2.73. The van der Waals surface area contributed by atoms with Gasteiger partial charge in [-0.25, -0.2) is 9.97 Å². The largest absolute Gasteiger partial charge is 0.339 e. The van der Waals surface area contributed by atoms with Gasteiger partial charge >= 0.3 is 0 Å². The first-order chi connectivity index (χ1) is 11.2. The Morgan fingerprint density at radius 2 is 1.61 bits per heavy atom. The maximum Gasteiger partial charge on any atom is 0.275 e. The zero-order valence-corrected chi connectivity index (χ0v) is 13.6. The van der Waals surface area contributed by atoms with E-state index in [1.807, 2.05) is 54.6 Å². The predicted octanol–water partition coefficient (Wildman–Crippen LogP) is 4.24. The molecule has 0 saturated carbocycles. The Kier molecular flexibility index (Phi) is 4.63. The number of anilines is 3. The molecule has 114 valence electrons. The molecule has 3 rings (SSSR count). The van der Waals surface area contributed by atoms with Crippen LogP contribution in [0.1, 0.15) is 10.5 Å². The highest BCUT2D eigenvalue weighted by Crippen LogP contribution is 2.17. The number of amides is 1. The summed E-state index contributed by atoms with van der Waals surface area (Å²) in [5, 5.41) is 5.89. The maximum atomic E-state index is 12.1. The first kappa shape index (κ1) is 15.2. The molecule has 5 nitrogen and oxygen atoms in total. The summed E-state index contributed by atoms with van der Waals surface area (Å²) in [5.41, 5.74) is 1.87. The lowest BCUT2D eigenvalue weighted by Crippen LogP contribution is -2.14. The first-order valence-electron chi connectivity index (χ1n) is 6.92. The van der Waals surface area contributed by atoms with Gasteiger partial charge in [0.15, 0.2) is 0 Å². The summed E-state index contributed by atoms with van der Waals surface area (Å²) in [4.78, 5) is 20.4. The number of halogens is 1. The van der Waals surface area contributed by atoms with Gasteiger partial charge in [0, 0.05) is 15.8 Å². The molecule has 0 fully saturated rings. The number of benzene rings is 2. The Morgan fingerprint density at radius 3 is 2.26 bits per heavy atom. The molecule has 23 heavy (non-hydrogen) atoms. The summed E-state index contributed by atoms with van der Waals surface area (Å²) in [7, 11) is 0. The number of hydrogen-bond donors (Lipinski definition) is 2. The van der Waals surface area contributed by atoms with Crippen molar-refractivity contribution < 1.29 is 4.79 Å². The van der Waals surface area contributed by atoms with E-state index >= 15 is 0 Å². The van der Waals surface area contributed by atoms with Crippen molar-refractivity contribution in [3.8, 4) is 0 Å². The van der Waals surface area contributed by atoms with E-state index in [9.17, 15) is 4.79 Å². The van der Waals surface area contributed by atoms with Crippen molar-refractivity contribution in [2.24, 2.45) is 0 Å². The molecule has 0 atom stereocenters. The molecule has 0 aliphatic carbocycles. The molecular weight excluding hydrogens is 356 g/mol. The van der Waals surface area contributed by atoms with Gasteiger partial charge in [0.2, 0.25) is 0 Å². The maximum absolute atomic E-state index is 12.1. The van der Waals surface area contributed by atoms with E-state index in [0.29, 0.717) is 5.82 Å². The molecule has 0 spiro atoms. The van der Waals surface area contributed by atoms with Crippen molar-refractivity contribution in [3.63, 3.8) is 0 Å². The van der Waals surface area contributed by atoms with Gasteiger partial charge in [0.05, 0.1) is 12.4 Å². The Morgan fingerprint density at radius 1 is 0.870 bits per heavy atom. The quantitative estimate of drug-likeness (QED) is 0.722. The lowest BCUT2D eigenvalue weighted by atomic mass is 10.3. The van der Waals surface area contributed by atoms with Gasteiger partial charge < -0.3 is 10.6 Å². The SMILES string of the molecule is O=C(Nc1ccccc1)c1cnc(Nc2ccc(Br)cc2)cn1. The van der Waals surface area contributed by atoms with E-state index in [-0.39, 0.29) is 11.6 Å². The Bertz CT molecular complexity index is 789. The van der Waals surface area contributed by atoms with Crippen LogP contribution >= 0.6 is 15.9 Å². The van der Waals surface area contributed by atoms with Crippen molar-refractivity contribution in [2.75, 3.05) is 10.6 Å². The van der Waals surface area contributed by atoms with E-state index in [0.717, 1.165) is 15.8 Å². The predicted molar refractivity (Wildman–Crippen MR) is 93.9 cm³/mol. The second-order valence-corrected chi connectivity index (χ2v) is 5.65. The lowest BCUT2D eigenvalue weighted by Gasteiger charge is -2.07. The van der Waals surface area contributed by atoms with Crippen LogP contribution in [-0.2, 0) is 0 Å². The Balaban J connectivity index is 1.66. The van der Waals surface area contributed by atoms with Crippen molar-refractivity contribution >= 4 is 39.0 Å². The molecule has 0 saturated heterocycles. The molecule has 0 bridgehead atoms. The molecule has 1 aromatic heterocycles. The number of aromatic nitrogens is 2. The molecule has 0 unspecified atom stereocenters. The van der Waals surface area contributed by atoms with E-state index in [1.54, 1.807) is 0 Å². The monoisotopic (exact) mass is 368 g/mol. The van der Waals surface area contributed by atoms with Crippen molar-refractivity contribution in [2.45, 2.75) is 0 Å². The van der Waals surface area contributed by atoms with Gasteiger partial charge in [-0.05, 0) is 36.4 Å². The van der Waals surface area contributed by atoms with Gasteiger partial charge in [-0.15, -0.1) is 0 Å². The summed E-state index contributed by atoms with van der Waals surface area (Å²) in [6.07, 6.45) is 2.97. The number of nitrogens with one attached hydrogen (secondary N) is 2. The van der Waals surface area contributed by atoms with Crippen LogP contribution in [-0.4, -0.2) is 15.9 Å². The number of carbonyl (C=O) groups excluding carboxylic acids is 1. The van der Waals surface area contributed by atoms with Crippen molar-refractivity contribution in [1.29, 1.82) is 0 Å². The van der Waals surface area contributed by atoms with E-state index < -0.39 is 0 Å². The molecule has 0 aliphatic rings. The second-order valence-electron chi connectivity index (χ2n) is 4.74. The summed E-state index contributed by atoms with van der Waals surface area (Å²) < 4.78 is 1.00. The summed E-state index contributed by atoms with van der Waals surface area (Å²) >= 11 is 3.38. The second kappa shape index (κ2) is 7.02. The minimum atomic E-state index is -0.293. The minimum absolute atomic E-state index is 0.259. The molecule has 1 heterocycles. The first-order valence-corrected chi connectivity index (χ1v) is 7.71. The third kappa shape index (κ3) is 4.14. The van der Waals surface area contributed by atoms with Crippen molar-refractivity contribution in [1.82, 2.24) is 9.97 Å². The molecule has 6 heteroatoms. The van der Waals surface area contributed by atoms with Crippen LogP contribution in [0.3, 0.4) is 0 Å². The van der Waals surface area contributed by atoms with Crippen LogP contribution < -0.4 is 10.6 Å². The van der Waals surface area contributed by atoms with Crippen LogP contribution in [0.4, 0.5) is 17.2 Å². The zero-order valence-electron chi connectivity index (χ0n) is 12.0. The standard InChI is InChI=1S/C17H13BrN4O/c18-12-6-8-14(9-7-12)21-16-11-19-15(10-20-16)17(23)22-13-4-2-1-3-5-13/h1-11H,(H,20,21)(H,22,23). The molecule has 0 aliphatic heterocycles. The summed E-state index contributed by atoms with van der Waals surface area (Å²) in [6, 6.07) is 16.9. The highest BCUT2D eigenvalue weighted by atomic mass is 79.9. The highest BCUT2D eigenvalue weighted by Gasteiger charge is 2.08. The summed E-state index contributed by atoms with van der Waals surface area (Å²) in [5.74, 6) is 0.280. The van der Waals surface area contributed by atoms with Gasteiger partial charge in [-0.3, -0.25) is 4.79 Å². The summed E-state index contributed by atoms with van der Waals surface area (Å²) in [6.45, 7) is 0. The van der Waals surface area contributed by atoms with Gasteiger partial charge in [-0.1, -0.05) is 34.1 Å². The fraction of sp³-hybridized carbons (Fsp3) is 0. The number of carbonyl (C=O) groups is 1. The normalized spacial score (nSPS) is 10.1. The van der Waals surface area contributed by atoms with Crippen LogP contribution in [0, 0.1) is 0 Å². The molecule has 3 aromatic rings. The van der Waals surface area contributed by atoms with Gasteiger partial charge in [0.1, 0.15) is 11.5 Å². The smallest absolute Gasteiger partial charge is 0.275 e. The average Bonchev–Trinajstić information content (AvgIpc) is 2.58. The molecule has 2 aromatic carbocycles. The third-order valence-electron chi connectivity index (χ3n) is 3.03. The van der Waals surface area contributed by atoms with Crippen molar-refractivity contribution in [3.05, 3.63) is 77.2 Å². The van der Waals surface area contributed by atoms with Crippen LogP contribution in [0.5, 0.6) is 0 Å². The Labute approximate surface area is 141 Å². The number of para-hydroxylation sites is 1. The minimum Gasteiger partial charge on any atom is -0.339 e. The molecule has 0 radical (unpaired) electrons. The molecule has 1 amide bonds. The van der Waals surface area contributed by atoms with Crippen LogP contribution in [0.2, 0.25) is 0 Å². The van der Waals surface area contributed by atoms with Crippen LogP contribution in [0.15, 0.2) is 71.5 Å². The van der Waals surface area contributed by atoms with E-state index in [1.165, 1.54) is 12.4 Å². The van der Waals surface area contributed by atoms with Gasteiger partial charge in [-0.2, -0.15) is 0 Å². The van der Waals surface area contributed by atoms with E-state index in [2.05, 4.69) is 36.5 Å². The highest BCUT2D eigenvalue weighted by molar-refractivity contribution is 9.10. The average molecular weight is 369 g/mol.